The largest absolute Gasteiger partial charge is 0.497 e. The molecule has 0 aliphatic heterocycles. The summed E-state index contributed by atoms with van der Waals surface area (Å²) < 4.78 is 18.9. The van der Waals surface area contributed by atoms with Gasteiger partial charge in [0.25, 0.3) is 5.69 Å². The molecule has 0 aromatic heterocycles. The monoisotopic (exact) mass is 290 g/mol. The number of anilines is 1. The number of methoxy groups -OCH3 is 1. The molecule has 0 saturated heterocycles. The van der Waals surface area contributed by atoms with Gasteiger partial charge in [0.15, 0.2) is 5.82 Å². The maximum absolute atomic E-state index is 13.8. The minimum absolute atomic E-state index is 0.106. The summed E-state index contributed by atoms with van der Waals surface area (Å²) in [6.45, 7) is 1.80. The van der Waals surface area contributed by atoms with E-state index in [1.807, 2.05) is 12.1 Å². The van der Waals surface area contributed by atoms with Gasteiger partial charge in [0.05, 0.1) is 12.0 Å². The second-order valence-corrected chi connectivity index (χ2v) is 4.53. The van der Waals surface area contributed by atoms with E-state index in [4.69, 9.17) is 4.74 Å². The molecule has 0 saturated carbocycles. The van der Waals surface area contributed by atoms with Crippen LogP contribution in [0, 0.1) is 15.9 Å². The summed E-state index contributed by atoms with van der Waals surface area (Å²) in [5, 5.41) is 13.8. The Labute approximate surface area is 121 Å². The van der Waals surface area contributed by atoms with Crippen molar-refractivity contribution in [2.45, 2.75) is 13.0 Å². The molecule has 2 aromatic carbocycles. The van der Waals surface area contributed by atoms with Crippen molar-refractivity contribution in [3.8, 4) is 5.75 Å². The Hall–Kier alpha value is -2.63. The van der Waals surface area contributed by atoms with Gasteiger partial charge < -0.3 is 10.1 Å². The van der Waals surface area contributed by atoms with Crippen molar-refractivity contribution in [2.24, 2.45) is 0 Å². The number of halogens is 1. The zero-order valence-electron chi connectivity index (χ0n) is 11.7. The molecule has 0 heterocycles. The van der Waals surface area contributed by atoms with E-state index in [-0.39, 0.29) is 17.4 Å². The summed E-state index contributed by atoms with van der Waals surface area (Å²) in [5.74, 6) is 0.0624. The highest BCUT2D eigenvalue weighted by molar-refractivity contribution is 5.63. The van der Waals surface area contributed by atoms with Gasteiger partial charge in [-0.1, -0.05) is 18.2 Å². The van der Waals surface area contributed by atoms with E-state index >= 15 is 0 Å². The lowest BCUT2D eigenvalue weighted by molar-refractivity contribution is -0.384. The second kappa shape index (κ2) is 6.21. The lowest BCUT2D eigenvalue weighted by Gasteiger charge is -2.16. The lowest BCUT2D eigenvalue weighted by Crippen LogP contribution is -2.10. The number of benzene rings is 2. The Morgan fingerprint density at radius 1 is 1.24 bits per heavy atom. The molecule has 2 rings (SSSR count). The number of para-hydroxylation sites is 1. The molecule has 2 aromatic rings. The molecule has 0 fully saturated rings. The van der Waals surface area contributed by atoms with Gasteiger partial charge in [0, 0.05) is 12.1 Å². The maximum Gasteiger partial charge on any atom is 0.295 e. The molecule has 6 heteroatoms. The number of hydrogen-bond acceptors (Lipinski definition) is 4. The first kappa shape index (κ1) is 14.8. The average molecular weight is 290 g/mol. The molecule has 0 amide bonds. The van der Waals surface area contributed by atoms with Crippen LogP contribution in [0.25, 0.3) is 0 Å². The molecule has 0 aliphatic carbocycles. The highest BCUT2D eigenvalue weighted by atomic mass is 19.1. The summed E-state index contributed by atoms with van der Waals surface area (Å²) in [6, 6.07) is 10.7. The SMILES string of the molecule is COc1ccc(C(C)Nc2c(F)cccc2[N+](=O)[O-])cc1. The van der Waals surface area contributed by atoms with Gasteiger partial charge in [0.2, 0.25) is 0 Å². The normalized spacial score (nSPS) is 11.8. The zero-order chi connectivity index (χ0) is 15.4. The Morgan fingerprint density at radius 3 is 2.48 bits per heavy atom. The zero-order valence-corrected chi connectivity index (χ0v) is 11.7. The van der Waals surface area contributed by atoms with Crippen LogP contribution in [0.5, 0.6) is 5.75 Å². The van der Waals surface area contributed by atoms with Crippen LogP contribution < -0.4 is 10.1 Å². The molecule has 110 valence electrons. The summed E-state index contributed by atoms with van der Waals surface area (Å²) >= 11 is 0. The maximum atomic E-state index is 13.8. The van der Waals surface area contributed by atoms with Gasteiger partial charge in [0.1, 0.15) is 11.4 Å². The minimum atomic E-state index is -0.649. The van der Waals surface area contributed by atoms with Gasteiger partial charge in [-0.2, -0.15) is 0 Å². The Kier molecular flexibility index (Phi) is 4.37. The van der Waals surface area contributed by atoms with E-state index in [1.54, 1.807) is 26.2 Å². The third kappa shape index (κ3) is 3.28. The number of nitro benzene ring substituents is 1. The fraction of sp³-hybridized carbons (Fsp3) is 0.200. The van der Waals surface area contributed by atoms with Crippen molar-refractivity contribution in [1.82, 2.24) is 0 Å². The van der Waals surface area contributed by atoms with Gasteiger partial charge in [-0.15, -0.1) is 0 Å². The van der Waals surface area contributed by atoms with E-state index < -0.39 is 10.7 Å². The van der Waals surface area contributed by atoms with E-state index in [0.717, 1.165) is 5.56 Å². The first-order chi connectivity index (χ1) is 10.0. The summed E-state index contributed by atoms with van der Waals surface area (Å²) in [7, 11) is 1.57. The van der Waals surface area contributed by atoms with Crippen molar-refractivity contribution in [1.29, 1.82) is 0 Å². The van der Waals surface area contributed by atoms with Crippen LogP contribution in [-0.2, 0) is 0 Å². The molecule has 0 aliphatic rings. The van der Waals surface area contributed by atoms with Crippen LogP contribution in [0.1, 0.15) is 18.5 Å². The summed E-state index contributed by atoms with van der Waals surface area (Å²) in [6.07, 6.45) is 0. The molecular formula is C15H15FN2O3. The van der Waals surface area contributed by atoms with Crippen LogP contribution in [0.3, 0.4) is 0 Å². The Morgan fingerprint density at radius 2 is 1.90 bits per heavy atom. The summed E-state index contributed by atoms with van der Waals surface area (Å²) in [5.41, 5.74) is 0.481. The minimum Gasteiger partial charge on any atom is -0.497 e. The molecule has 21 heavy (non-hydrogen) atoms. The fourth-order valence-electron chi connectivity index (χ4n) is 2.00. The number of rotatable bonds is 5. The molecule has 5 nitrogen and oxygen atoms in total. The lowest BCUT2D eigenvalue weighted by atomic mass is 10.1. The van der Waals surface area contributed by atoms with E-state index in [2.05, 4.69) is 5.32 Å². The highest BCUT2D eigenvalue weighted by Crippen LogP contribution is 2.30. The van der Waals surface area contributed by atoms with Crippen molar-refractivity contribution < 1.29 is 14.1 Å². The van der Waals surface area contributed by atoms with Gasteiger partial charge in [-0.3, -0.25) is 10.1 Å². The van der Waals surface area contributed by atoms with Gasteiger partial charge in [-0.05, 0) is 30.7 Å². The third-order valence-corrected chi connectivity index (χ3v) is 3.16. The predicted molar refractivity (Wildman–Crippen MR) is 78.1 cm³/mol. The van der Waals surface area contributed by atoms with Crippen LogP contribution in [0.4, 0.5) is 15.8 Å². The smallest absolute Gasteiger partial charge is 0.295 e. The van der Waals surface area contributed by atoms with Crippen molar-refractivity contribution in [2.75, 3.05) is 12.4 Å². The Balaban J connectivity index is 2.26. The Bertz CT molecular complexity index is 644. The van der Waals surface area contributed by atoms with Gasteiger partial charge >= 0.3 is 0 Å². The second-order valence-electron chi connectivity index (χ2n) is 4.53. The molecule has 1 unspecified atom stereocenters. The predicted octanol–water partition coefficient (Wildman–Crippen LogP) is 3.92. The first-order valence-electron chi connectivity index (χ1n) is 6.36. The highest BCUT2D eigenvalue weighted by Gasteiger charge is 2.19. The topological polar surface area (TPSA) is 64.4 Å². The first-order valence-corrected chi connectivity index (χ1v) is 6.36. The van der Waals surface area contributed by atoms with E-state index in [1.165, 1.54) is 18.2 Å². The van der Waals surface area contributed by atoms with E-state index in [9.17, 15) is 14.5 Å². The number of hydrogen-bond donors (Lipinski definition) is 1. The molecule has 0 radical (unpaired) electrons. The third-order valence-electron chi connectivity index (χ3n) is 3.16. The molecular weight excluding hydrogens is 275 g/mol. The van der Waals surface area contributed by atoms with Crippen molar-refractivity contribution >= 4 is 11.4 Å². The molecule has 1 atom stereocenters. The number of ether oxygens (including phenoxy) is 1. The average Bonchev–Trinajstić information content (AvgIpc) is 2.49. The van der Waals surface area contributed by atoms with Crippen molar-refractivity contribution in [3.05, 3.63) is 64.0 Å². The van der Waals surface area contributed by atoms with Crippen LogP contribution in [-0.4, -0.2) is 12.0 Å². The van der Waals surface area contributed by atoms with Crippen molar-refractivity contribution in [3.63, 3.8) is 0 Å². The van der Waals surface area contributed by atoms with Crippen LogP contribution in [0.15, 0.2) is 42.5 Å². The fourth-order valence-corrected chi connectivity index (χ4v) is 2.00. The molecule has 0 bridgehead atoms. The number of nitrogens with zero attached hydrogens (tertiary/aromatic N) is 1. The van der Waals surface area contributed by atoms with Crippen LogP contribution >= 0.6 is 0 Å². The number of nitrogens with one attached hydrogen (secondary N) is 1. The summed E-state index contributed by atoms with van der Waals surface area (Å²) in [4.78, 5) is 10.4. The number of nitro groups is 1. The van der Waals surface area contributed by atoms with E-state index in [0.29, 0.717) is 5.75 Å². The standard InChI is InChI=1S/C15H15FN2O3/c1-10(11-6-8-12(21-2)9-7-11)17-15-13(16)4-3-5-14(15)18(19)20/h3-10,17H,1-2H3. The van der Waals surface area contributed by atoms with Gasteiger partial charge in [-0.25, -0.2) is 4.39 Å². The quantitative estimate of drug-likeness (QED) is 0.669. The molecule has 0 spiro atoms. The molecule has 1 N–H and O–H groups in total. The van der Waals surface area contributed by atoms with Crippen LogP contribution in [0.2, 0.25) is 0 Å².